The first kappa shape index (κ1) is 11.9. The van der Waals surface area contributed by atoms with Gasteiger partial charge < -0.3 is 0 Å². The Morgan fingerprint density at radius 3 is 2.94 bits per heavy atom. The highest BCUT2D eigenvalue weighted by atomic mass is 15.3. The normalized spacial score (nSPS) is 29.4. The Morgan fingerprint density at radius 2 is 2.19 bits per heavy atom. The number of nitrogens with zero attached hydrogens (tertiary/aromatic N) is 3. The number of hydrogen-bond acceptors (Lipinski definition) is 3. The van der Waals surface area contributed by atoms with Gasteiger partial charge in [0.25, 0.3) is 0 Å². The Kier molecular flexibility index (Phi) is 4.20. The molecule has 0 aliphatic carbocycles. The van der Waals surface area contributed by atoms with Gasteiger partial charge in [-0.2, -0.15) is 5.26 Å². The summed E-state index contributed by atoms with van der Waals surface area (Å²) in [5.41, 5.74) is 0. The number of hydrogen-bond donors (Lipinski definition) is 0. The minimum Gasteiger partial charge on any atom is -0.299 e. The molecule has 0 aromatic carbocycles. The van der Waals surface area contributed by atoms with E-state index in [1.165, 1.54) is 38.9 Å². The summed E-state index contributed by atoms with van der Waals surface area (Å²) in [6, 6.07) is 3.19. The van der Waals surface area contributed by atoms with Crippen molar-refractivity contribution in [2.75, 3.05) is 32.7 Å². The lowest BCUT2D eigenvalue weighted by Crippen LogP contribution is -2.55. The van der Waals surface area contributed by atoms with Crippen LogP contribution in [0.3, 0.4) is 0 Å². The van der Waals surface area contributed by atoms with Crippen molar-refractivity contribution in [3.63, 3.8) is 0 Å². The third kappa shape index (κ3) is 2.75. The molecule has 16 heavy (non-hydrogen) atoms. The van der Waals surface area contributed by atoms with Crippen LogP contribution in [0.5, 0.6) is 0 Å². The molecular formula is C13H23N3. The second-order valence-corrected chi connectivity index (χ2v) is 5.18. The topological polar surface area (TPSA) is 30.3 Å². The zero-order chi connectivity index (χ0) is 11.4. The van der Waals surface area contributed by atoms with Crippen LogP contribution in [0.4, 0.5) is 0 Å². The molecule has 2 saturated heterocycles. The fraction of sp³-hybridized carbons (Fsp3) is 0.923. The van der Waals surface area contributed by atoms with E-state index in [-0.39, 0.29) is 5.92 Å². The molecule has 2 aliphatic rings. The van der Waals surface area contributed by atoms with Crippen molar-refractivity contribution in [3.05, 3.63) is 0 Å². The molecule has 0 bridgehead atoms. The number of rotatable bonds is 3. The molecule has 2 aliphatic heterocycles. The highest BCUT2D eigenvalue weighted by molar-refractivity contribution is 4.89. The van der Waals surface area contributed by atoms with Crippen LogP contribution < -0.4 is 0 Å². The van der Waals surface area contributed by atoms with Crippen molar-refractivity contribution in [1.29, 1.82) is 5.26 Å². The second kappa shape index (κ2) is 5.65. The van der Waals surface area contributed by atoms with E-state index >= 15 is 0 Å². The summed E-state index contributed by atoms with van der Waals surface area (Å²) in [4.78, 5) is 5.15. The van der Waals surface area contributed by atoms with Gasteiger partial charge in [0.15, 0.2) is 0 Å². The summed E-state index contributed by atoms with van der Waals surface area (Å²) >= 11 is 0. The number of fused-ring (bicyclic) bond motifs is 1. The summed E-state index contributed by atoms with van der Waals surface area (Å²) in [6.07, 6.45) is 5.12. The van der Waals surface area contributed by atoms with E-state index in [1.54, 1.807) is 0 Å². The molecule has 0 N–H and O–H groups in total. The van der Waals surface area contributed by atoms with Gasteiger partial charge in [-0.05, 0) is 25.8 Å². The largest absolute Gasteiger partial charge is 0.299 e. The first-order chi connectivity index (χ1) is 7.83. The molecule has 2 fully saturated rings. The maximum atomic E-state index is 9.00. The quantitative estimate of drug-likeness (QED) is 0.727. The van der Waals surface area contributed by atoms with Gasteiger partial charge in [0.1, 0.15) is 0 Å². The summed E-state index contributed by atoms with van der Waals surface area (Å²) in [5, 5.41) is 9.00. The molecule has 0 amide bonds. The van der Waals surface area contributed by atoms with Gasteiger partial charge in [-0.3, -0.25) is 9.80 Å². The first-order valence-corrected chi connectivity index (χ1v) is 6.69. The smallest absolute Gasteiger partial charge is 0.0669 e. The van der Waals surface area contributed by atoms with Gasteiger partial charge >= 0.3 is 0 Å². The average molecular weight is 221 g/mol. The van der Waals surface area contributed by atoms with E-state index < -0.39 is 0 Å². The van der Waals surface area contributed by atoms with Gasteiger partial charge in [-0.1, -0.05) is 13.3 Å². The molecular weight excluding hydrogens is 198 g/mol. The monoisotopic (exact) mass is 221 g/mol. The van der Waals surface area contributed by atoms with Crippen molar-refractivity contribution in [2.45, 2.75) is 38.6 Å². The third-order valence-corrected chi connectivity index (χ3v) is 4.08. The Morgan fingerprint density at radius 1 is 1.31 bits per heavy atom. The van der Waals surface area contributed by atoms with Crippen LogP contribution in [-0.2, 0) is 0 Å². The molecule has 2 unspecified atom stereocenters. The molecule has 90 valence electrons. The molecule has 3 nitrogen and oxygen atoms in total. The maximum absolute atomic E-state index is 9.00. The Bertz CT molecular complexity index is 258. The van der Waals surface area contributed by atoms with Gasteiger partial charge in [0, 0.05) is 32.2 Å². The van der Waals surface area contributed by atoms with Crippen molar-refractivity contribution >= 4 is 0 Å². The zero-order valence-electron chi connectivity index (χ0n) is 10.4. The van der Waals surface area contributed by atoms with Gasteiger partial charge in [-0.25, -0.2) is 0 Å². The Hall–Kier alpha value is -0.590. The molecule has 0 aromatic rings. The lowest BCUT2D eigenvalue weighted by Gasteiger charge is -2.44. The molecule has 3 heteroatoms. The molecule has 2 heterocycles. The van der Waals surface area contributed by atoms with E-state index in [1.807, 2.05) is 0 Å². The van der Waals surface area contributed by atoms with Crippen LogP contribution >= 0.6 is 0 Å². The van der Waals surface area contributed by atoms with Crippen LogP contribution in [0, 0.1) is 17.2 Å². The lowest BCUT2D eigenvalue weighted by atomic mass is 9.98. The zero-order valence-corrected chi connectivity index (χ0v) is 10.4. The van der Waals surface area contributed by atoms with Gasteiger partial charge in [0.05, 0.1) is 12.0 Å². The van der Waals surface area contributed by atoms with E-state index in [4.69, 9.17) is 5.26 Å². The van der Waals surface area contributed by atoms with Crippen molar-refractivity contribution < 1.29 is 0 Å². The SMILES string of the molecule is CCC(C#N)CN1CCN2CCCCC2C1. The average Bonchev–Trinajstić information content (AvgIpc) is 2.35. The van der Waals surface area contributed by atoms with E-state index in [0.29, 0.717) is 0 Å². The molecule has 0 radical (unpaired) electrons. The summed E-state index contributed by atoms with van der Waals surface area (Å²) < 4.78 is 0. The minimum absolute atomic E-state index is 0.232. The van der Waals surface area contributed by atoms with Crippen LogP contribution in [0.2, 0.25) is 0 Å². The predicted molar refractivity (Wildman–Crippen MR) is 65.0 cm³/mol. The molecule has 0 aromatic heterocycles. The third-order valence-electron chi connectivity index (χ3n) is 4.08. The predicted octanol–water partition coefficient (Wildman–Crippen LogP) is 1.71. The molecule has 2 atom stereocenters. The van der Waals surface area contributed by atoms with Crippen LogP contribution in [0.1, 0.15) is 32.6 Å². The Balaban J connectivity index is 1.83. The van der Waals surface area contributed by atoms with Crippen LogP contribution in [0.25, 0.3) is 0 Å². The molecule has 0 saturated carbocycles. The van der Waals surface area contributed by atoms with Crippen molar-refractivity contribution in [1.82, 2.24) is 9.80 Å². The number of nitriles is 1. The van der Waals surface area contributed by atoms with E-state index in [9.17, 15) is 0 Å². The van der Waals surface area contributed by atoms with Crippen LogP contribution in [0.15, 0.2) is 0 Å². The van der Waals surface area contributed by atoms with Crippen molar-refractivity contribution in [3.8, 4) is 6.07 Å². The minimum atomic E-state index is 0.232. The van der Waals surface area contributed by atoms with Crippen molar-refractivity contribution in [2.24, 2.45) is 5.92 Å². The lowest BCUT2D eigenvalue weighted by molar-refractivity contribution is 0.0449. The van der Waals surface area contributed by atoms with Gasteiger partial charge in [0.2, 0.25) is 0 Å². The summed E-state index contributed by atoms with van der Waals surface area (Å²) in [7, 11) is 0. The fourth-order valence-electron chi connectivity index (χ4n) is 2.96. The van der Waals surface area contributed by atoms with Crippen LogP contribution in [-0.4, -0.2) is 48.6 Å². The fourth-order valence-corrected chi connectivity index (χ4v) is 2.96. The highest BCUT2D eigenvalue weighted by Crippen LogP contribution is 2.21. The molecule has 2 rings (SSSR count). The first-order valence-electron chi connectivity index (χ1n) is 6.69. The molecule has 0 spiro atoms. The Labute approximate surface area is 99.0 Å². The van der Waals surface area contributed by atoms with Gasteiger partial charge in [-0.15, -0.1) is 0 Å². The maximum Gasteiger partial charge on any atom is 0.0669 e. The number of piperazine rings is 1. The summed E-state index contributed by atoms with van der Waals surface area (Å²) in [6.45, 7) is 7.97. The summed E-state index contributed by atoms with van der Waals surface area (Å²) in [5.74, 6) is 0.232. The standard InChI is InChI=1S/C13H23N3/c1-2-12(9-14)10-15-7-8-16-6-4-3-5-13(16)11-15/h12-13H,2-8,10-11H2,1H3. The van der Waals surface area contributed by atoms with E-state index in [2.05, 4.69) is 22.8 Å². The highest BCUT2D eigenvalue weighted by Gasteiger charge is 2.29. The number of piperidine rings is 1. The second-order valence-electron chi connectivity index (χ2n) is 5.18. The van der Waals surface area contributed by atoms with E-state index in [0.717, 1.165) is 25.6 Å².